The van der Waals surface area contributed by atoms with Crippen LogP contribution in [0.2, 0.25) is 0 Å². The first kappa shape index (κ1) is 19.2. The number of nitrogens with zero attached hydrogens (tertiary/aromatic N) is 7. The Morgan fingerprint density at radius 3 is 2.74 bits per heavy atom. The van der Waals surface area contributed by atoms with Crippen molar-refractivity contribution in [3.05, 3.63) is 53.7 Å². The Morgan fingerprint density at radius 2 is 1.90 bits per heavy atom. The molecule has 7 heteroatoms. The molecule has 0 spiro atoms. The Balaban J connectivity index is 1.24. The minimum Gasteiger partial charge on any atom is -0.341 e. The van der Waals surface area contributed by atoms with Crippen LogP contribution in [0.15, 0.2) is 36.8 Å². The van der Waals surface area contributed by atoms with Crippen molar-refractivity contribution < 1.29 is 0 Å². The summed E-state index contributed by atoms with van der Waals surface area (Å²) in [4.78, 5) is 21.8. The molecule has 5 heterocycles. The zero-order valence-corrected chi connectivity index (χ0v) is 18.5. The van der Waals surface area contributed by atoms with Gasteiger partial charge in [0, 0.05) is 51.3 Å². The molecule has 0 N–H and O–H groups in total. The van der Waals surface area contributed by atoms with Gasteiger partial charge in [-0.25, -0.2) is 9.97 Å². The lowest BCUT2D eigenvalue weighted by molar-refractivity contribution is 0.206. The van der Waals surface area contributed by atoms with Gasteiger partial charge in [0.15, 0.2) is 0 Å². The first-order valence-corrected chi connectivity index (χ1v) is 11.6. The molecule has 3 aliphatic rings. The summed E-state index contributed by atoms with van der Waals surface area (Å²) in [5.41, 5.74) is 4.73. The summed E-state index contributed by atoms with van der Waals surface area (Å²) in [5, 5.41) is 0. The molecule has 0 aromatic carbocycles. The largest absolute Gasteiger partial charge is 0.341 e. The number of aryl methyl sites for hydroxylation is 1. The normalized spacial score (nSPS) is 26.0. The van der Waals surface area contributed by atoms with E-state index in [0.29, 0.717) is 6.04 Å². The number of fused-ring (bicyclic) bond motifs is 3. The Bertz CT molecular complexity index is 1080. The summed E-state index contributed by atoms with van der Waals surface area (Å²) in [5.74, 6) is 2.56. The van der Waals surface area contributed by atoms with Gasteiger partial charge >= 0.3 is 0 Å². The van der Waals surface area contributed by atoms with E-state index in [9.17, 15) is 0 Å². The van der Waals surface area contributed by atoms with Gasteiger partial charge in [-0.1, -0.05) is 6.07 Å². The second kappa shape index (κ2) is 7.57. The molecule has 2 aliphatic heterocycles. The molecule has 3 atom stereocenters. The lowest BCUT2D eigenvalue weighted by Gasteiger charge is -2.31. The number of imidazole rings is 1. The van der Waals surface area contributed by atoms with E-state index in [1.54, 1.807) is 0 Å². The van der Waals surface area contributed by atoms with Crippen LogP contribution in [0.5, 0.6) is 0 Å². The van der Waals surface area contributed by atoms with Crippen molar-refractivity contribution in [2.45, 2.75) is 31.8 Å². The summed E-state index contributed by atoms with van der Waals surface area (Å²) < 4.78 is 2.20. The highest BCUT2D eigenvalue weighted by molar-refractivity contribution is 5.48. The van der Waals surface area contributed by atoms with Gasteiger partial charge in [0.2, 0.25) is 5.95 Å². The molecule has 3 aromatic rings. The quantitative estimate of drug-likeness (QED) is 0.651. The molecule has 2 fully saturated rings. The minimum absolute atomic E-state index is 0.363. The van der Waals surface area contributed by atoms with Crippen LogP contribution in [-0.4, -0.2) is 69.4 Å². The Labute approximate surface area is 183 Å². The SMILES string of the molecule is CN1CC2CN(c3nccc4nc(CN(C)C5CCCc6cccnc65)cn34)CC2C1. The van der Waals surface area contributed by atoms with E-state index in [-0.39, 0.29) is 0 Å². The zero-order chi connectivity index (χ0) is 20.9. The summed E-state index contributed by atoms with van der Waals surface area (Å²) in [7, 11) is 4.44. The van der Waals surface area contributed by atoms with Gasteiger partial charge in [0.1, 0.15) is 5.65 Å². The fourth-order valence-electron chi connectivity index (χ4n) is 6.04. The lowest BCUT2D eigenvalue weighted by atomic mass is 9.91. The number of aromatic nitrogens is 4. The molecule has 31 heavy (non-hydrogen) atoms. The van der Waals surface area contributed by atoms with E-state index in [1.807, 2.05) is 18.5 Å². The van der Waals surface area contributed by atoms with E-state index >= 15 is 0 Å². The van der Waals surface area contributed by atoms with Crippen molar-refractivity contribution >= 4 is 11.6 Å². The second-order valence-electron chi connectivity index (χ2n) is 9.72. The maximum atomic E-state index is 4.95. The van der Waals surface area contributed by atoms with Crippen LogP contribution in [0, 0.1) is 11.8 Å². The number of hydrogen-bond acceptors (Lipinski definition) is 6. The summed E-state index contributed by atoms with van der Waals surface area (Å²) in [6.07, 6.45) is 9.55. The molecule has 3 unspecified atom stereocenters. The monoisotopic (exact) mass is 417 g/mol. The molecule has 2 saturated heterocycles. The van der Waals surface area contributed by atoms with Gasteiger partial charge in [-0.2, -0.15) is 0 Å². The van der Waals surface area contributed by atoms with Crippen molar-refractivity contribution in [1.29, 1.82) is 0 Å². The molecule has 0 amide bonds. The molecule has 7 nitrogen and oxygen atoms in total. The van der Waals surface area contributed by atoms with E-state index < -0.39 is 0 Å². The van der Waals surface area contributed by atoms with E-state index in [4.69, 9.17) is 15.0 Å². The number of hydrogen-bond donors (Lipinski definition) is 0. The van der Waals surface area contributed by atoms with Gasteiger partial charge in [-0.3, -0.25) is 14.3 Å². The molecule has 162 valence electrons. The summed E-state index contributed by atoms with van der Waals surface area (Å²) in [6, 6.07) is 6.67. The topological polar surface area (TPSA) is 52.8 Å². The number of pyridine rings is 1. The lowest BCUT2D eigenvalue weighted by Crippen LogP contribution is -2.28. The van der Waals surface area contributed by atoms with Crippen LogP contribution >= 0.6 is 0 Å². The van der Waals surface area contributed by atoms with Gasteiger partial charge in [0.05, 0.1) is 17.4 Å². The van der Waals surface area contributed by atoms with Crippen LogP contribution in [0.25, 0.3) is 5.65 Å². The number of likely N-dealkylation sites (tertiary alicyclic amines) is 1. The maximum absolute atomic E-state index is 4.95. The Kier molecular flexibility index (Phi) is 4.69. The zero-order valence-electron chi connectivity index (χ0n) is 18.5. The van der Waals surface area contributed by atoms with Crippen LogP contribution in [-0.2, 0) is 13.0 Å². The van der Waals surface area contributed by atoms with Gasteiger partial charge < -0.3 is 9.80 Å². The molecule has 1 aliphatic carbocycles. The molecular weight excluding hydrogens is 386 g/mol. The highest BCUT2D eigenvalue weighted by atomic mass is 15.3. The first-order chi connectivity index (χ1) is 15.2. The van der Waals surface area contributed by atoms with Crippen molar-refractivity contribution in [3.63, 3.8) is 0 Å². The minimum atomic E-state index is 0.363. The van der Waals surface area contributed by atoms with Gasteiger partial charge in [0.25, 0.3) is 0 Å². The molecule has 6 rings (SSSR count). The third-order valence-corrected chi connectivity index (χ3v) is 7.47. The van der Waals surface area contributed by atoms with Crippen molar-refractivity contribution in [3.8, 4) is 0 Å². The Morgan fingerprint density at radius 1 is 1.06 bits per heavy atom. The van der Waals surface area contributed by atoms with Crippen molar-refractivity contribution in [2.75, 3.05) is 45.2 Å². The molecule has 0 radical (unpaired) electrons. The van der Waals surface area contributed by atoms with Crippen LogP contribution < -0.4 is 4.90 Å². The van der Waals surface area contributed by atoms with Gasteiger partial charge in [-0.05, 0) is 62.9 Å². The van der Waals surface area contributed by atoms with Crippen molar-refractivity contribution in [2.24, 2.45) is 11.8 Å². The molecular formula is C24H31N7. The number of anilines is 1. The molecule has 0 bridgehead atoms. The van der Waals surface area contributed by atoms with Gasteiger partial charge in [-0.15, -0.1) is 0 Å². The fourth-order valence-corrected chi connectivity index (χ4v) is 6.04. The average Bonchev–Trinajstić information content (AvgIpc) is 3.45. The predicted molar refractivity (Wildman–Crippen MR) is 121 cm³/mol. The van der Waals surface area contributed by atoms with E-state index in [1.165, 1.54) is 30.8 Å². The smallest absolute Gasteiger partial charge is 0.211 e. The third-order valence-electron chi connectivity index (χ3n) is 7.47. The van der Waals surface area contributed by atoms with Crippen LogP contribution in [0.1, 0.15) is 35.8 Å². The third kappa shape index (κ3) is 3.40. The van der Waals surface area contributed by atoms with E-state index in [2.05, 4.69) is 51.5 Å². The fraction of sp³-hybridized carbons (Fsp3) is 0.542. The summed E-state index contributed by atoms with van der Waals surface area (Å²) in [6.45, 7) is 5.41. The standard InChI is InChI=1S/C24H31N7/c1-28-11-18-13-30(14-19(18)12-28)24-26-10-8-22-27-20(16-31(22)24)15-29(2)21-7-3-5-17-6-4-9-25-23(17)21/h4,6,8-10,16,18-19,21H,3,5,7,11-15H2,1-2H3. The second-order valence-corrected chi connectivity index (χ2v) is 9.72. The first-order valence-electron chi connectivity index (χ1n) is 11.6. The van der Waals surface area contributed by atoms with Crippen LogP contribution in [0.3, 0.4) is 0 Å². The predicted octanol–water partition coefficient (Wildman–Crippen LogP) is 2.63. The molecule has 0 saturated carbocycles. The highest BCUT2D eigenvalue weighted by Gasteiger charge is 2.39. The van der Waals surface area contributed by atoms with Crippen LogP contribution in [0.4, 0.5) is 5.95 Å². The highest BCUT2D eigenvalue weighted by Crippen LogP contribution is 2.34. The maximum Gasteiger partial charge on any atom is 0.211 e. The van der Waals surface area contributed by atoms with E-state index in [0.717, 1.165) is 61.6 Å². The summed E-state index contributed by atoms with van der Waals surface area (Å²) >= 11 is 0. The number of rotatable bonds is 4. The Hall–Kier alpha value is -2.51. The average molecular weight is 418 g/mol. The molecule has 3 aromatic heterocycles. The van der Waals surface area contributed by atoms with Crippen molar-refractivity contribution in [1.82, 2.24) is 29.2 Å².